The summed E-state index contributed by atoms with van der Waals surface area (Å²) in [5.41, 5.74) is 0. The van der Waals surface area contributed by atoms with E-state index in [-0.39, 0.29) is 6.10 Å². The highest BCUT2D eigenvalue weighted by Crippen LogP contribution is 2.25. The predicted molar refractivity (Wildman–Crippen MR) is 71.2 cm³/mol. The summed E-state index contributed by atoms with van der Waals surface area (Å²) in [6.45, 7) is 8.41. The molecule has 100 valence electrons. The van der Waals surface area contributed by atoms with Gasteiger partial charge in [-0.25, -0.2) is 0 Å². The summed E-state index contributed by atoms with van der Waals surface area (Å²) < 4.78 is 20.8. The van der Waals surface area contributed by atoms with Crippen LogP contribution in [-0.4, -0.2) is 40.2 Å². The Morgan fingerprint density at radius 3 is 3.17 bits per heavy atom. The molecule has 2 rings (SSSR count). The maximum atomic E-state index is 5.63. The van der Waals surface area contributed by atoms with Crippen LogP contribution in [0, 0.1) is 0 Å². The maximum absolute atomic E-state index is 5.63. The third kappa shape index (κ3) is 3.94. The topological polar surface area (TPSA) is 53.5 Å². The van der Waals surface area contributed by atoms with E-state index in [2.05, 4.69) is 15.9 Å². The maximum Gasteiger partial charge on any atom is 0.294 e. The van der Waals surface area contributed by atoms with Gasteiger partial charge in [-0.05, 0) is 13.8 Å². The number of thioether (sulfide) groups is 1. The van der Waals surface area contributed by atoms with Crippen molar-refractivity contribution in [3.63, 3.8) is 0 Å². The van der Waals surface area contributed by atoms with Gasteiger partial charge >= 0.3 is 0 Å². The minimum atomic E-state index is -0.514. The van der Waals surface area contributed by atoms with Gasteiger partial charge in [0.05, 0.1) is 6.61 Å². The molecule has 0 amide bonds. The van der Waals surface area contributed by atoms with Crippen molar-refractivity contribution >= 4 is 23.3 Å². The Morgan fingerprint density at radius 1 is 1.67 bits per heavy atom. The summed E-state index contributed by atoms with van der Waals surface area (Å²) in [6.07, 6.45) is 1.77. The molecular weight excluding hydrogens is 272 g/mol. The highest BCUT2D eigenvalue weighted by Gasteiger charge is 2.33. The lowest BCUT2D eigenvalue weighted by molar-refractivity contribution is -0.141. The van der Waals surface area contributed by atoms with Crippen LogP contribution in [0.15, 0.2) is 17.8 Å². The van der Waals surface area contributed by atoms with Gasteiger partial charge in [-0.2, -0.15) is 9.36 Å². The van der Waals surface area contributed by atoms with Gasteiger partial charge in [0.15, 0.2) is 5.79 Å². The molecule has 0 radical (unpaired) electrons. The molecule has 0 bridgehead atoms. The zero-order valence-electron chi connectivity index (χ0n) is 10.4. The molecule has 0 aliphatic carbocycles. The number of hydrogen-bond acceptors (Lipinski definition) is 7. The molecule has 0 spiro atoms. The van der Waals surface area contributed by atoms with E-state index in [9.17, 15) is 0 Å². The predicted octanol–water partition coefficient (Wildman–Crippen LogP) is 2.35. The molecular formula is C11H16N2O3S2. The van der Waals surface area contributed by atoms with Gasteiger partial charge < -0.3 is 14.2 Å². The highest BCUT2D eigenvalue weighted by molar-refractivity contribution is 7.99. The average Bonchev–Trinajstić information content (AvgIpc) is 2.90. The first-order valence-electron chi connectivity index (χ1n) is 5.61. The Hall–Kier alpha value is -0.630. The lowest BCUT2D eigenvalue weighted by Crippen LogP contribution is -2.25. The molecule has 5 nitrogen and oxygen atoms in total. The van der Waals surface area contributed by atoms with E-state index in [4.69, 9.17) is 14.2 Å². The van der Waals surface area contributed by atoms with Crippen LogP contribution in [0.1, 0.15) is 13.8 Å². The first kappa shape index (κ1) is 13.8. The monoisotopic (exact) mass is 288 g/mol. The molecule has 2 heterocycles. The van der Waals surface area contributed by atoms with E-state index in [0.29, 0.717) is 18.4 Å². The summed E-state index contributed by atoms with van der Waals surface area (Å²) in [5.74, 6) is 0.282. The van der Waals surface area contributed by atoms with Gasteiger partial charge in [0.1, 0.15) is 12.7 Å². The van der Waals surface area contributed by atoms with Crippen molar-refractivity contribution in [3.8, 4) is 5.19 Å². The molecule has 1 atom stereocenters. The first-order valence-corrected chi connectivity index (χ1v) is 7.37. The molecule has 0 saturated carbocycles. The fourth-order valence-electron chi connectivity index (χ4n) is 1.46. The lowest BCUT2D eigenvalue weighted by Gasteiger charge is -2.16. The van der Waals surface area contributed by atoms with Crippen LogP contribution >= 0.6 is 23.3 Å². The Kier molecular flexibility index (Phi) is 4.60. The van der Waals surface area contributed by atoms with Crippen LogP contribution < -0.4 is 4.74 Å². The quantitative estimate of drug-likeness (QED) is 0.591. The summed E-state index contributed by atoms with van der Waals surface area (Å²) in [4.78, 5) is 4.25. The Balaban J connectivity index is 1.76. The Morgan fingerprint density at radius 2 is 2.50 bits per heavy atom. The second-order valence-electron chi connectivity index (χ2n) is 4.20. The van der Waals surface area contributed by atoms with E-state index < -0.39 is 5.79 Å². The fourth-order valence-corrected chi connectivity index (χ4v) is 2.70. The Bertz CT molecular complexity index is 409. The second-order valence-corrected chi connectivity index (χ2v) is 5.91. The van der Waals surface area contributed by atoms with E-state index in [1.54, 1.807) is 0 Å². The minimum Gasteiger partial charge on any atom is -0.466 e. The highest BCUT2D eigenvalue weighted by atomic mass is 32.2. The van der Waals surface area contributed by atoms with Crippen LogP contribution in [0.5, 0.6) is 5.19 Å². The minimum absolute atomic E-state index is 0.0480. The largest absolute Gasteiger partial charge is 0.466 e. The molecule has 0 N–H and O–H groups in total. The molecule has 0 aromatic carbocycles. The molecule has 1 aromatic rings. The second kappa shape index (κ2) is 6.01. The van der Waals surface area contributed by atoms with Gasteiger partial charge in [-0.15, -0.1) is 6.58 Å². The van der Waals surface area contributed by atoms with Crippen LogP contribution in [0.25, 0.3) is 0 Å². The van der Waals surface area contributed by atoms with Gasteiger partial charge in [0.2, 0.25) is 5.16 Å². The van der Waals surface area contributed by atoms with Crippen LogP contribution in [0.3, 0.4) is 0 Å². The SMILES string of the molecule is C=CCSc1nsc(OCC2COC(C)(C)O2)n1. The molecule has 1 unspecified atom stereocenters. The third-order valence-electron chi connectivity index (χ3n) is 2.18. The van der Waals surface area contributed by atoms with Crippen molar-refractivity contribution < 1.29 is 14.2 Å². The molecule has 18 heavy (non-hydrogen) atoms. The lowest BCUT2D eigenvalue weighted by atomic mass is 10.4. The first-order chi connectivity index (χ1) is 8.59. The normalized spacial score (nSPS) is 22.0. The van der Waals surface area contributed by atoms with Crippen molar-refractivity contribution in [3.05, 3.63) is 12.7 Å². The summed E-state index contributed by atoms with van der Waals surface area (Å²) in [7, 11) is 0. The molecule has 1 saturated heterocycles. The van der Waals surface area contributed by atoms with Crippen LogP contribution in [0.2, 0.25) is 0 Å². The van der Waals surface area contributed by atoms with Crippen LogP contribution in [-0.2, 0) is 9.47 Å². The Labute approximate surface area is 115 Å². The van der Waals surface area contributed by atoms with Gasteiger partial charge in [0, 0.05) is 17.3 Å². The smallest absolute Gasteiger partial charge is 0.294 e. The number of aromatic nitrogens is 2. The number of ether oxygens (including phenoxy) is 3. The molecule has 1 aliphatic heterocycles. The number of hydrogen-bond donors (Lipinski definition) is 0. The summed E-state index contributed by atoms with van der Waals surface area (Å²) >= 11 is 2.78. The number of nitrogens with zero attached hydrogens (tertiary/aromatic N) is 2. The van der Waals surface area contributed by atoms with Crippen LogP contribution in [0.4, 0.5) is 0 Å². The number of rotatable bonds is 6. The average molecular weight is 288 g/mol. The van der Waals surface area contributed by atoms with Crippen molar-refractivity contribution in [1.82, 2.24) is 9.36 Å². The third-order valence-corrected chi connectivity index (χ3v) is 3.77. The zero-order valence-corrected chi connectivity index (χ0v) is 12.1. The van der Waals surface area contributed by atoms with E-state index in [0.717, 1.165) is 10.9 Å². The standard InChI is InChI=1S/C11H16N2O3S2/c1-4-5-17-9-12-10(18-13-9)14-6-8-7-15-11(2,3)16-8/h4,8H,1,5-7H2,2-3H3. The van der Waals surface area contributed by atoms with Crippen molar-refractivity contribution in [2.24, 2.45) is 0 Å². The van der Waals surface area contributed by atoms with Crippen molar-refractivity contribution in [2.45, 2.75) is 30.9 Å². The van der Waals surface area contributed by atoms with E-state index in [1.165, 1.54) is 23.3 Å². The van der Waals surface area contributed by atoms with E-state index >= 15 is 0 Å². The molecule has 1 aromatic heterocycles. The van der Waals surface area contributed by atoms with Gasteiger partial charge in [0.25, 0.3) is 5.19 Å². The van der Waals surface area contributed by atoms with E-state index in [1.807, 2.05) is 19.9 Å². The molecule has 1 fully saturated rings. The van der Waals surface area contributed by atoms with Crippen molar-refractivity contribution in [2.75, 3.05) is 19.0 Å². The molecule has 7 heteroatoms. The summed E-state index contributed by atoms with van der Waals surface area (Å²) in [6, 6.07) is 0. The van der Waals surface area contributed by atoms with Crippen molar-refractivity contribution in [1.29, 1.82) is 0 Å². The summed E-state index contributed by atoms with van der Waals surface area (Å²) in [5, 5.41) is 1.29. The van der Waals surface area contributed by atoms with Gasteiger partial charge in [-0.1, -0.05) is 17.8 Å². The van der Waals surface area contributed by atoms with Gasteiger partial charge in [-0.3, -0.25) is 0 Å². The molecule has 1 aliphatic rings. The fraction of sp³-hybridized carbons (Fsp3) is 0.636. The zero-order chi connectivity index (χ0) is 13.0.